The molecule has 30 heteroatoms. The minimum Gasteiger partial charge on any atom is -0.497 e. The molecule has 12 aromatic heterocycles. The first-order valence-corrected chi connectivity index (χ1v) is 32.7. The molecule has 0 bridgehead atoms. The van der Waals surface area contributed by atoms with Crippen LogP contribution in [0.25, 0.3) is 89.7 Å². The number of pyridine rings is 4. The zero-order chi connectivity index (χ0) is 74.0. The van der Waals surface area contributed by atoms with Crippen molar-refractivity contribution in [3.05, 3.63) is 259 Å². The number of aromatic amines is 1. The number of hydrogen-bond acceptors (Lipinski definition) is 21. The fourth-order valence-electron chi connectivity index (χ4n) is 11.2. The predicted octanol–water partition coefficient (Wildman–Crippen LogP) is 12.1. The van der Waals surface area contributed by atoms with Crippen LogP contribution in [0.3, 0.4) is 0 Å². The van der Waals surface area contributed by atoms with Gasteiger partial charge in [-0.05, 0) is 149 Å². The molecule has 106 heavy (non-hydrogen) atoms. The van der Waals surface area contributed by atoms with E-state index in [9.17, 15) is 23.6 Å². The molecular weight excluding hydrogens is 1350 g/mol. The van der Waals surface area contributed by atoms with E-state index in [2.05, 4.69) is 106 Å². The quantitative estimate of drug-likeness (QED) is 0.0716. The van der Waals surface area contributed by atoms with Gasteiger partial charge in [0.2, 0.25) is 23.8 Å². The SMILES string of the molecule is COc1ccc2c(c1)cc(C(=O)Nc1nc(C)nc(-c3ccccn3)n1)n2C.Cc1nc(NC(=O)c2cc3cc(F)ccc3n2C)nc(-c2ccccn2)n1.Cc1nc(NC(=O)c2cc3ccccc3[nH]2)nc(-c2ccccn2)n1.Cc1nc(NC(=O)c2cc3ccccc3n2C)nc(-c2ccccn2)n1. The van der Waals surface area contributed by atoms with E-state index < -0.39 is 5.91 Å². The molecule has 0 radical (unpaired) electrons. The summed E-state index contributed by atoms with van der Waals surface area (Å²) in [5, 5.41) is 14.4. The number of para-hydroxylation sites is 2. The molecule has 0 fully saturated rings. The lowest BCUT2D eigenvalue weighted by Crippen LogP contribution is -2.18. The number of fused-ring (bicyclic) bond motifs is 4. The number of anilines is 4. The number of methoxy groups -OCH3 is 1. The fourth-order valence-corrected chi connectivity index (χ4v) is 11.2. The number of ether oxygens (including phenoxy) is 1. The number of hydrogen-bond donors (Lipinski definition) is 5. The molecule has 0 unspecified atom stereocenters. The number of aryl methyl sites for hydroxylation is 7. The lowest BCUT2D eigenvalue weighted by Gasteiger charge is -2.07. The lowest BCUT2D eigenvalue weighted by atomic mass is 10.2. The molecule has 0 spiro atoms. The number of benzene rings is 4. The van der Waals surface area contributed by atoms with Crippen molar-refractivity contribution in [3.63, 3.8) is 0 Å². The Morgan fingerprint density at radius 2 is 0.708 bits per heavy atom. The maximum absolute atomic E-state index is 13.4. The third kappa shape index (κ3) is 16.2. The Bertz CT molecular complexity index is 5900. The molecule has 29 nitrogen and oxygen atoms in total. The summed E-state index contributed by atoms with van der Waals surface area (Å²) in [7, 11) is 7.05. The van der Waals surface area contributed by atoms with Gasteiger partial charge in [-0.15, -0.1) is 0 Å². The lowest BCUT2D eigenvalue weighted by molar-refractivity contribution is 0.101. The van der Waals surface area contributed by atoms with Crippen LogP contribution >= 0.6 is 0 Å². The van der Waals surface area contributed by atoms with Crippen LogP contribution in [0, 0.1) is 33.5 Å². The summed E-state index contributed by atoms with van der Waals surface area (Å²) in [4.78, 5) is 122. The second-order valence-corrected chi connectivity index (χ2v) is 23.5. The van der Waals surface area contributed by atoms with Crippen LogP contribution in [-0.2, 0) is 21.1 Å². The number of halogens is 1. The van der Waals surface area contributed by atoms with Gasteiger partial charge in [-0.3, -0.25) is 60.4 Å². The van der Waals surface area contributed by atoms with Gasteiger partial charge >= 0.3 is 0 Å². The molecule has 4 amide bonds. The number of rotatable bonds is 13. The van der Waals surface area contributed by atoms with Crippen molar-refractivity contribution in [2.75, 3.05) is 28.4 Å². The van der Waals surface area contributed by atoms with E-state index in [0.717, 1.165) is 44.0 Å². The summed E-state index contributed by atoms with van der Waals surface area (Å²) in [5.41, 5.74) is 7.82. The van der Waals surface area contributed by atoms with Gasteiger partial charge in [-0.1, -0.05) is 60.7 Å². The number of carbonyl (C=O) groups excluding carboxylic acids is 4. The Labute approximate surface area is 602 Å². The van der Waals surface area contributed by atoms with Crippen molar-refractivity contribution < 1.29 is 28.3 Å². The minimum absolute atomic E-state index is 0.129. The van der Waals surface area contributed by atoms with E-state index in [1.54, 1.807) is 120 Å². The molecular formula is C76H63FN24O5. The van der Waals surface area contributed by atoms with Crippen molar-refractivity contribution >= 4 is 91.0 Å². The van der Waals surface area contributed by atoms with E-state index in [0.29, 0.717) is 97.5 Å². The van der Waals surface area contributed by atoms with Crippen LogP contribution in [0.2, 0.25) is 0 Å². The number of H-pyrrole nitrogens is 1. The van der Waals surface area contributed by atoms with Crippen LogP contribution in [0.4, 0.5) is 28.2 Å². The third-order valence-corrected chi connectivity index (χ3v) is 16.1. The molecule has 16 rings (SSSR count). The number of nitrogens with one attached hydrogen (secondary N) is 5. The van der Waals surface area contributed by atoms with E-state index >= 15 is 0 Å². The number of carbonyl (C=O) groups is 4. The second-order valence-electron chi connectivity index (χ2n) is 23.5. The molecule has 4 aromatic carbocycles. The summed E-state index contributed by atoms with van der Waals surface area (Å²) < 4.78 is 24.0. The highest BCUT2D eigenvalue weighted by molar-refractivity contribution is 6.08. The average Bonchev–Trinajstić information content (AvgIpc) is 1.65. The van der Waals surface area contributed by atoms with Gasteiger partial charge in [-0.2, -0.15) is 39.9 Å². The van der Waals surface area contributed by atoms with Crippen LogP contribution in [0.1, 0.15) is 65.3 Å². The Balaban J connectivity index is 0.000000125. The smallest absolute Gasteiger partial charge is 0.274 e. The largest absolute Gasteiger partial charge is 0.497 e. The third-order valence-electron chi connectivity index (χ3n) is 16.1. The van der Waals surface area contributed by atoms with Gasteiger partial charge in [0, 0.05) is 89.5 Å². The second kappa shape index (κ2) is 31.0. The summed E-state index contributed by atoms with van der Waals surface area (Å²) in [6.07, 6.45) is 6.64. The summed E-state index contributed by atoms with van der Waals surface area (Å²) in [6.45, 7) is 6.95. The Kier molecular flexibility index (Phi) is 20.4. The molecule has 12 heterocycles. The van der Waals surface area contributed by atoms with Crippen LogP contribution < -0.4 is 26.0 Å². The van der Waals surface area contributed by atoms with Crippen LogP contribution in [0.5, 0.6) is 5.75 Å². The summed E-state index contributed by atoms with van der Waals surface area (Å²) in [6, 6.07) is 54.4. The first-order chi connectivity index (χ1) is 51.4. The Morgan fingerprint density at radius 3 is 1.09 bits per heavy atom. The van der Waals surface area contributed by atoms with Gasteiger partial charge in [0.15, 0.2) is 23.3 Å². The molecule has 0 saturated heterocycles. The first kappa shape index (κ1) is 69.8. The molecule has 0 aliphatic heterocycles. The predicted molar refractivity (Wildman–Crippen MR) is 397 cm³/mol. The monoisotopic (exact) mass is 1410 g/mol. The highest BCUT2D eigenvalue weighted by Gasteiger charge is 2.21. The van der Waals surface area contributed by atoms with Gasteiger partial charge in [0.05, 0.1) is 7.11 Å². The zero-order valence-corrected chi connectivity index (χ0v) is 58.0. The van der Waals surface area contributed by atoms with Crippen molar-refractivity contribution in [2.45, 2.75) is 27.7 Å². The molecule has 524 valence electrons. The van der Waals surface area contributed by atoms with Crippen LogP contribution in [-0.4, -0.2) is 129 Å². The van der Waals surface area contributed by atoms with Crippen molar-refractivity contribution in [3.8, 4) is 51.8 Å². The molecule has 16 aromatic rings. The normalized spacial score (nSPS) is 10.8. The van der Waals surface area contributed by atoms with E-state index in [-0.39, 0.29) is 47.3 Å². The Morgan fingerprint density at radius 1 is 0.358 bits per heavy atom. The van der Waals surface area contributed by atoms with E-state index in [1.807, 2.05) is 145 Å². The van der Waals surface area contributed by atoms with E-state index in [4.69, 9.17) is 4.74 Å². The summed E-state index contributed by atoms with van der Waals surface area (Å²) >= 11 is 0. The number of amides is 4. The molecule has 0 aliphatic rings. The van der Waals surface area contributed by atoms with Crippen molar-refractivity contribution in [1.82, 2.24) is 98.4 Å². The Hall–Kier alpha value is -14.7. The fraction of sp³-hybridized carbons (Fsp3) is 0.105. The maximum atomic E-state index is 13.4. The molecule has 5 N–H and O–H groups in total. The number of nitrogens with zero attached hydrogens (tertiary/aromatic N) is 19. The first-order valence-electron chi connectivity index (χ1n) is 32.7. The minimum atomic E-state index is -0.397. The van der Waals surface area contributed by atoms with Gasteiger partial charge in [0.25, 0.3) is 23.6 Å². The zero-order valence-electron chi connectivity index (χ0n) is 58.0. The molecule has 0 saturated carbocycles. The average molecular weight is 1410 g/mol. The molecule has 0 atom stereocenters. The summed E-state index contributed by atoms with van der Waals surface area (Å²) in [5.74, 6) is 3.37. The highest BCUT2D eigenvalue weighted by Crippen LogP contribution is 2.27. The van der Waals surface area contributed by atoms with Crippen LogP contribution in [0.15, 0.2) is 207 Å². The highest BCUT2D eigenvalue weighted by atomic mass is 19.1. The number of aromatic nitrogens is 20. The van der Waals surface area contributed by atoms with Crippen molar-refractivity contribution in [1.29, 1.82) is 0 Å². The standard InChI is InChI=1S/C20H18N6O2.C19H15FN6O.C19H16N6O.C18H14N6O/c1-12-22-18(15-6-4-5-9-21-15)24-20(23-12)25-19(27)17-11-13-10-14(28-3)7-8-16(13)26(17)2;1-11-22-17(14-5-3-4-8-21-14)24-19(23-11)25-18(27)16-10-12-9-13(20)6-7-15(12)26(16)2;1-12-21-17(14-8-5-6-10-20-14)23-19(22-12)24-18(26)16-11-13-7-3-4-9-15(13)25(16)2;1-11-20-16(14-8-4-5-9-19-14)23-18(21-11)24-17(25)15-10-12-6-2-3-7-13(12)22-15/h4-11H,1-3H3,(H,22,23,24,25,27);3-10H,1-2H3,(H,22,23,24,25,27);3-11H,1-2H3,(H,21,22,23,24,26);2-10,22H,1H3,(H,20,21,23,24,25). The van der Waals surface area contributed by atoms with Gasteiger partial charge in [0.1, 0.15) is 80.4 Å². The van der Waals surface area contributed by atoms with Crippen molar-refractivity contribution in [2.24, 2.45) is 21.1 Å². The van der Waals surface area contributed by atoms with Gasteiger partial charge in [-0.25, -0.2) is 24.3 Å². The topological polar surface area (TPSA) is 362 Å². The maximum Gasteiger partial charge on any atom is 0.274 e. The van der Waals surface area contributed by atoms with Gasteiger partial charge < -0.3 is 23.4 Å². The molecule has 0 aliphatic carbocycles. The van der Waals surface area contributed by atoms with E-state index in [1.165, 1.54) is 12.1 Å².